The maximum atomic E-state index is 5.62. The lowest BCUT2D eigenvalue weighted by Gasteiger charge is -2.18. The highest BCUT2D eigenvalue weighted by Gasteiger charge is 2.23. The number of hydrogen-bond acceptors (Lipinski definition) is 5. The molecule has 2 heterocycles. The Morgan fingerprint density at radius 1 is 1.44 bits per heavy atom. The Balaban J connectivity index is 2.24. The van der Waals surface area contributed by atoms with Crippen molar-refractivity contribution >= 4 is 27.4 Å². The van der Waals surface area contributed by atoms with E-state index in [1.54, 1.807) is 0 Å². The van der Waals surface area contributed by atoms with Crippen LogP contribution in [0.5, 0.6) is 0 Å². The molecule has 1 aliphatic rings. The van der Waals surface area contributed by atoms with Crippen LogP contribution in [0.1, 0.15) is 36.5 Å². The lowest BCUT2D eigenvalue weighted by atomic mass is 9.89. The molecule has 0 aliphatic heterocycles. The molecule has 5 heteroatoms. The summed E-state index contributed by atoms with van der Waals surface area (Å²) >= 11 is 1.82. The highest BCUT2D eigenvalue weighted by atomic mass is 32.1. The molecular weight excluding hydrogens is 244 g/mol. The number of nitrogen functional groups attached to an aromatic ring is 1. The van der Waals surface area contributed by atoms with Gasteiger partial charge in [-0.15, -0.1) is 11.3 Å². The summed E-state index contributed by atoms with van der Waals surface area (Å²) in [6.07, 6.45) is 4.38. The van der Waals surface area contributed by atoms with Crippen molar-refractivity contribution in [3.8, 4) is 0 Å². The summed E-state index contributed by atoms with van der Waals surface area (Å²) < 4.78 is 0. The van der Waals surface area contributed by atoms with E-state index in [1.165, 1.54) is 23.3 Å². The Kier molecular flexibility index (Phi) is 2.95. The van der Waals surface area contributed by atoms with E-state index < -0.39 is 0 Å². The molecule has 0 fully saturated rings. The van der Waals surface area contributed by atoms with Crippen LogP contribution in [-0.2, 0) is 19.3 Å². The van der Waals surface area contributed by atoms with E-state index >= 15 is 0 Å². The number of hydrogen-bond donors (Lipinski definition) is 2. The first kappa shape index (κ1) is 11.9. The number of aryl methyl sites for hydroxylation is 2. The summed E-state index contributed by atoms with van der Waals surface area (Å²) in [5, 5.41) is 1.15. The van der Waals surface area contributed by atoms with Gasteiger partial charge < -0.3 is 5.43 Å². The Bertz CT molecular complexity index is 590. The molecule has 2 aromatic heterocycles. The molecule has 3 rings (SSSR count). The van der Waals surface area contributed by atoms with Crippen LogP contribution in [0.4, 0.5) is 5.82 Å². The molecule has 0 spiro atoms. The highest BCUT2D eigenvalue weighted by molar-refractivity contribution is 7.19. The van der Waals surface area contributed by atoms with Crippen LogP contribution in [0.3, 0.4) is 0 Å². The fourth-order valence-corrected chi connectivity index (χ4v) is 4.05. The first-order valence-corrected chi connectivity index (χ1v) is 7.32. The number of fused-ring (bicyclic) bond motifs is 3. The fraction of sp³-hybridized carbons (Fsp3) is 0.538. The minimum atomic E-state index is 0.776. The minimum Gasteiger partial charge on any atom is -0.308 e. The van der Waals surface area contributed by atoms with Crippen LogP contribution >= 0.6 is 11.3 Å². The van der Waals surface area contributed by atoms with Gasteiger partial charge in [0.25, 0.3) is 0 Å². The molecule has 4 nitrogen and oxygen atoms in total. The molecule has 96 valence electrons. The van der Waals surface area contributed by atoms with Crippen molar-refractivity contribution in [3.63, 3.8) is 0 Å². The van der Waals surface area contributed by atoms with E-state index in [4.69, 9.17) is 5.84 Å². The first-order chi connectivity index (χ1) is 8.72. The van der Waals surface area contributed by atoms with Crippen LogP contribution < -0.4 is 11.3 Å². The second-order valence-electron chi connectivity index (χ2n) is 5.02. The predicted octanol–water partition coefficient (Wildman–Crippen LogP) is 2.66. The third kappa shape index (κ3) is 1.78. The molecule has 2 aromatic rings. The van der Waals surface area contributed by atoms with Gasteiger partial charge in [0.2, 0.25) is 0 Å². The van der Waals surface area contributed by atoms with E-state index in [2.05, 4.69) is 29.2 Å². The Morgan fingerprint density at radius 3 is 3.00 bits per heavy atom. The minimum absolute atomic E-state index is 0.776. The molecule has 0 amide bonds. The average Bonchev–Trinajstić information content (AvgIpc) is 2.74. The third-order valence-corrected chi connectivity index (χ3v) is 4.80. The fourth-order valence-electron chi connectivity index (χ4n) is 2.65. The molecule has 3 N–H and O–H groups in total. The number of nitrogens with one attached hydrogen (secondary N) is 1. The van der Waals surface area contributed by atoms with Crippen LogP contribution in [0.15, 0.2) is 0 Å². The standard InChI is InChI=1S/C13H18N4S/c1-3-10-15-12(17-14)11-8-5-4-7(2)6-9(8)18-13(11)16-10/h7H,3-6,14H2,1-2H3,(H,15,16,17). The topological polar surface area (TPSA) is 63.8 Å². The average molecular weight is 262 g/mol. The number of nitrogens with two attached hydrogens (primary N) is 1. The van der Waals surface area contributed by atoms with Gasteiger partial charge in [-0.05, 0) is 30.7 Å². The van der Waals surface area contributed by atoms with Crippen molar-refractivity contribution in [2.45, 2.75) is 39.5 Å². The molecule has 0 aromatic carbocycles. The Labute approximate surface area is 111 Å². The van der Waals surface area contributed by atoms with E-state index in [0.29, 0.717) is 0 Å². The van der Waals surface area contributed by atoms with Gasteiger partial charge in [-0.2, -0.15) is 0 Å². The molecular formula is C13H18N4S. The summed E-state index contributed by atoms with van der Waals surface area (Å²) in [5.41, 5.74) is 4.17. The van der Waals surface area contributed by atoms with E-state index in [-0.39, 0.29) is 0 Å². The van der Waals surface area contributed by atoms with Crippen molar-refractivity contribution in [2.75, 3.05) is 5.43 Å². The molecule has 1 unspecified atom stereocenters. The van der Waals surface area contributed by atoms with Crippen molar-refractivity contribution < 1.29 is 0 Å². The molecule has 0 saturated heterocycles. The number of thiophene rings is 1. The van der Waals surface area contributed by atoms with Gasteiger partial charge in [-0.25, -0.2) is 15.8 Å². The maximum Gasteiger partial charge on any atom is 0.152 e. The van der Waals surface area contributed by atoms with Crippen molar-refractivity contribution in [1.29, 1.82) is 0 Å². The first-order valence-electron chi connectivity index (χ1n) is 6.50. The largest absolute Gasteiger partial charge is 0.308 e. The van der Waals surface area contributed by atoms with Gasteiger partial charge in [0.15, 0.2) is 5.82 Å². The van der Waals surface area contributed by atoms with Crippen molar-refractivity contribution in [3.05, 3.63) is 16.3 Å². The molecule has 18 heavy (non-hydrogen) atoms. The number of hydrazine groups is 1. The van der Waals surface area contributed by atoms with Gasteiger partial charge in [-0.3, -0.25) is 0 Å². The summed E-state index contributed by atoms with van der Waals surface area (Å²) in [5.74, 6) is 8.06. The second kappa shape index (κ2) is 4.48. The zero-order chi connectivity index (χ0) is 12.7. The number of nitrogens with zero attached hydrogens (tertiary/aromatic N) is 2. The van der Waals surface area contributed by atoms with Crippen LogP contribution in [0.2, 0.25) is 0 Å². The predicted molar refractivity (Wildman–Crippen MR) is 75.8 cm³/mol. The summed E-state index contributed by atoms with van der Waals surface area (Å²) in [6, 6.07) is 0. The number of rotatable bonds is 2. The van der Waals surface area contributed by atoms with Gasteiger partial charge in [0.1, 0.15) is 10.7 Å². The van der Waals surface area contributed by atoms with Crippen LogP contribution in [-0.4, -0.2) is 9.97 Å². The van der Waals surface area contributed by atoms with Gasteiger partial charge in [0.05, 0.1) is 5.39 Å². The van der Waals surface area contributed by atoms with Crippen LogP contribution in [0.25, 0.3) is 10.2 Å². The maximum absolute atomic E-state index is 5.62. The summed E-state index contributed by atoms with van der Waals surface area (Å²) in [4.78, 5) is 11.7. The number of anilines is 1. The normalized spacial score (nSPS) is 18.9. The van der Waals surface area contributed by atoms with Gasteiger partial charge in [-0.1, -0.05) is 13.8 Å². The summed E-state index contributed by atoms with van der Waals surface area (Å²) in [7, 11) is 0. The molecule has 1 atom stereocenters. The molecule has 1 aliphatic carbocycles. The zero-order valence-electron chi connectivity index (χ0n) is 10.8. The Morgan fingerprint density at radius 2 is 2.28 bits per heavy atom. The monoisotopic (exact) mass is 262 g/mol. The smallest absolute Gasteiger partial charge is 0.152 e. The zero-order valence-corrected chi connectivity index (χ0v) is 11.6. The third-order valence-electron chi connectivity index (χ3n) is 3.65. The lowest BCUT2D eigenvalue weighted by molar-refractivity contribution is 0.509. The van der Waals surface area contributed by atoms with Crippen molar-refractivity contribution in [1.82, 2.24) is 9.97 Å². The lowest BCUT2D eigenvalue weighted by Crippen LogP contribution is -2.12. The SMILES string of the molecule is CCc1nc(NN)c2c3c(sc2n1)CC(C)CC3. The highest BCUT2D eigenvalue weighted by Crippen LogP contribution is 2.39. The van der Waals surface area contributed by atoms with Gasteiger partial charge >= 0.3 is 0 Å². The number of aromatic nitrogens is 2. The van der Waals surface area contributed by atoms with Crippen LogP contribution in [0, 0.1) is 5.92 Å². The van der Waals surface area contributed by atoms with E-state index in [9.17, 15) is 0 Å². The van der Waals surface area contributed by atoms with E-state index in [0.717, 1.165) is 40.6 Å². The Hall–Kier alpha value is -1.20. The van der Waals surface area contributed by atoms with Crippen molar-refractivity contribution in [2.24, 2.45) is 11.8 Å². The summed E-state index contributed by atoms with van der Waals surface area (Å²) in [6.45, 7) is 4.38. The quantitative estimate of drug-likeness (QED) is 0.645. The molecule has 0 bridgehead atoms. The molecule has 0 saturated carbocycles. The molecule has 0 radical (unpaired) electrons. The van der Waals surface area contributed by atoms with E-state index in [1.807, 2.05) is 11.3 Å². The van der Waals surface area contributed by atoms with Gasteiger partial charge in [0, 0.05) is 11.3 Å². The second-order valence-corrected chi connectivity index (χ2v) is 6.10.